The maximum atomic E-state index is 12.6. The van der Waals surface area contributed by atoms with Gasteiger partial charge in [-0.3, -0.25) is 4.79 Å². The van der Waals surface area contributed by atoms with Crippen molar-refractivity contribution in [1.29, 1.82) is 0 Å². The molecule has 0 spiro atoms. The number of carbonyl (C=O) groups is 2. The van der Waals surface area contributed by atoms with E-state index in [1.807, 2.05) is 0 Å². The quantitative estimate of drug-likeness (QED) is 0.807. The number of aryl methyl sites for hydroxylation is 2. The summed E-state index contributed by atoms with van der Waals surface area (Å²) < 4.78 is 43.0. The minimum Gasteiger partial charge on any atom is -0.445 e. The van der Waals surface area contributed by atoms with Gasteiger partial charge in [0.05, 0.1) is 5.56 Å². The van der Waals surface area contributed by atoms with Gasteiger partial charge in [-0.05, 0) is 44.0 Å². The molecule has 0 radical (unpaired) electrons. The fourth-order valence-electron chi connectivity index (χ4n) is 3.20. The number of rotatable bonds is 3. The largest absolute Gasteiger partial charge is 0.445 e. The van der Waals surface area contributed by atoms with Gasteiger partial charge in [-0.1, -0.05) is 0 Å². The van der Waals surface area contributed by atoms with Crippen LogP contribution in [0.4, 0.5) is 23.7 Å². The second-order valence-corrected chi connectivity index (χ2v) is 6.88. The van der Waals surface area contributed by atoms with Crippen LogP contribution in [-0.4, -0.2) is 41.0 Å². The van der Waals surface area contributed by atoms with E-state index in [2.05, 4.69) is 15.6 Å². The third-order valence-electron chi connectivity index (χ3n) is 4.69. The monoisotopic (exact) mass is 410 g/mol. The number of aromatic nitrogens is 1. The van der Waals surface area contributed by atoms with Crippen molar-refractivity contribution in [2.24, 2.45) is 0 Å². The van der Waals surface area contributed by atoms with E-state index in [-0.39, 0.29) is 17.6 Å². The Morgan fingerprint density at radius 2 is 1.76 bits per heavy atom. The van der Waals surface area contributed by atoms with Crippen LogP contribution in [0.3, 0.4) is 0 Å². The molecule has 0 atom stereocenters. The summed E-state index contributed by atoms with van der Waals surface area (Å²) in [6.45, 7) is 4.27. The molecule has 1 fully saturated rings. The Kier molecular flexibility index (Phi) is 5.81. The van der Waals surface area contributed by atoms with Crippen molar-refractivity contribution in [3.05, 3.63) is 47.2 Å². The molecule has 3 rings (SSSR count). The maximum Gasteiger partial charge on any atom is 0.416 e. The Hall–Kier alpha value is -3.04. The summed E-state index contributed by atoms with van der Waals surface area (Å²) in [7, 11) is 0. The topological polar surface area (TPSA) is 87.5 Å². The van der Waals surface area contributed by atoms with Crippen LogP contribution >= 0.6 is 0 Å². The molecule has 2 aromatic rings. The number of hydrogen-bond acceptors (Lipinski definition) is 4. The molecule has 2 N–H and O–H groups in total. The molecule has 2 heterocycles. The van der Waals surface area contributed by atoms with Crippen molar-refractivity contribution in [1.82, 2.24) is 15.2 Å². The highest BCUT2D eigenvalue weighted by Crippen LogP contribution is 2.29. The number of amides is 3. The van der Waals surface area contributed by atoms with Crippen LogP contribution in [-0.2, 0) is 6.18 Å². The number of likely N-dealkylation sites (tertiary alicyclic amines) is 1. The van der Waals surface area contributed by atoms with Crippen molar-refractivity contribution >= 4 is 17.6 Å². The normalized spacial score (nSPS) is 15.3. The number of anilines is 1. The van der Waals surface area contributed by atoms with Gasteiger partial charge in [0, 0.05) is 31.7 Å². The Morgan fingerprint density at radius 1 is 1.14 bits per heavy atom. The Bertz CT molecular complexity index is 885. The summed E-state index contributed by atoms with van der Waals surface area (Å²) >= 11 is 0. The highest BCUT2D eigenvalue weighted by atomic mass is 19.4. The zero-order valence-electron chi connectivity index (χ0n) is 16.0. The molecular weight excluding hydrogens is 389 g/mol. The minimum atomic E-state index is -4.42. The van der Waals surface area contributed by atoms with E-state index in [1.165, 1.54) is 12.1 Å². The third-order valence-corrected chi connectivity index (χ3v) is 4.69. The first-order valence-corrected chi connectivity index (χ1v) is 9.11. The van der Waals surface area contributed by atoms with Gasteiger partial charge in [-0.25, -0.2) is 9.78 Å². The van der Waals surface area contributed by atoms with Gasteiger partial charge in [0.15, 0.2) is 11.6 Å². The van der Waals surface area contributed by atoms with Gasteiger partial charge in [-0.15, -0.1) is 0 Å². The first-order chi connectivity index (χ1) is 13.6. The van der Waals surface area contributed by atoms with Gasteiger partial charge in [0.2, 0.25) is 0 Å². The summed E-state index contributed by atoms with van der Waals surface area (Å²) in [5.74, 6) is 0.706. The van der Waals surface area contributed by atoms with Crippen LogP contribution in [0.5, 0.6) is 0 Å². The number of carbonyl (C=O) groups excluding carboxylic acids is 2. The van der Waals surface area contributed by atoms with Crippen molar-refractivity contribution < 1.29 is 27.2 Å². The van der Waals surface area contributed by atoms with Gasteiger partial charge < -0.3 is 20.0 Å². The molecule has 0 unspecified atom stereocenters. The maximum absolute atomic E-state index is 12.6. The average Bonchev–Trinajstić information content (AvgIpc) is 2.99. The lowest BCUT2D eigenvalue weighted by atomic mass is 10.0. The number of hydrogen-bond donors (Lipinski definition) is 2. The summed E-state index contributed by atoms with van der Waals surface area (Å²) in [6, 6.07) is 3.57. The van der Waals surface area contributed by atoms with E-state index in [0.29, 0.717) is 43.3 Å². The smallest absolute Gasteiger partial charge is 0.416 e. The van der Waals surface area contributed by atoms with Gasteiger partial charge in [0.1, 0.15) is 5.76 Å². The molecule has 1 aromatic carbocycles. The molecule has 29 heavy (non-hydrogen) atoms. The summed E-state index contributed by atoms with van der Waals surface area (Å²) in [5.41, 5.74) is -0.216. The van der Waals surface area contributed by atoms with Crippen LogP contribution in [0, 0.1) is 13.8 Å². The van der Waals surface area contributed by atoms with Gasteiger partial charge >= 0.3 is 12.2 Å². The van der Waals surface area contributed by atoms with E-state index in [0.717, 1.165) is 12.1 Å². The average molecular weight is 410 g/mol. The molecule has 10 heteroatoms. The minimum absolute atomic E-state index is 0.145. The Labute approximate surface area is 165 Å². The lowest BCUT2D eigenvalue weighted by Gasteiger charge is -2.32. The lowest BCUT2D eigenvalue weighted by Crippen LogP contribution is -2.47. The fourth-order valence-corrected chi connectivity index (χ4v) is 3.20. The van der Waals surface area contributed by atoms with E-state index in [1.54, 1.807) is 18.7 Å². The number of nitrogens with one attached hydrogen (secondary N) is 2. The number of halogens is 3. The summed E-state index contributed by atoms with van der Waals surface area (Å²) in [6.07, 6.45) is -3.31. The number of oxazole rings is 1. The first-order valence-electron chi connectivity index (χ1n) is 9.11. The zero-order chi connectivity index (χ0) is 21.2. The predicted octanol–water partition coefficient (Wildman–Crippen LogP) is 3.74. The predicted molar refractivity (Wildman–Crippen MR) is 98.5 cm³/mol. The highest BCUT2D eigenvalue weighted by molar-refractivity contribution is 5.93. The van der Waals surface area contributed by atoms with Crippen LogP contribution in [0.25, 0.3) is 0 Å². The Morgan fingerprint density at radius 3 is 2.28 bits per heavy atom. The number of piperidine rings is 1. The summed E-state index contributed by atoms with van der Waals surface area (Å²) in [4.78, 5) is 30.4. The fraction of sp³-hybridized carbons (Fsp3) is 0.421. The molecule has 3 amide bonds. The van der Waals surface area contributed by atoms with E-state index in [9.17, 15) is 22.8 Å². The van der Waals surface area contributed by atoms with Gasteiger partial charge in [0.25, 0.3) is 5.91 Å². The SMILES string of the molecule is Cc1nc(C(=O)N2CCC(NC(=O)Nc3ccc(C(F)(F)F)cc3)CC2)c(C)o1. The number of nitrogens with zero attached hydrogens (tertiary/aromatic N) is 2. The van der Waals surface area contributed by atoms with Crippen LogP contribution in [0.15, 0.2) is 28.7 Å². The molecule has 1 aromatic heterocycles. The number of urea groups is 1. The molecular formula is C19H21F3N4O3. The lowest BCUT2D eigenvalue weighted by molar-refractivity contribution is -0.137. The molecule has 0 aliphatic carbocycles. The molecule has 1 saturated heterocycles. The molecule has 0 saturated carbocycles. The molecule has 1 aliphatic heterocycles. The van der Waals surface area contributed by atoms with Crippen molar-refractivity contribution in [2.75, 3.05) is 18.4 Å². The summed E-state index contributed by atoms with van der Waals surface area (Å²) in [5, 5.41) is 5.30. The number of alkyl halides is 3. The second-order valence-electron chi connectivity index (χ2n) is 6.88. The van der Waals surface area contributed by atoms with E-state index >= 15 is 0 Å². The molecule has 156 valence electrons. The third kappa shape index (κ3) is 5.07. The Balaban J connectivity index is 1.48. The van der Waals surface area contributed by atoms with Gasteiger partial charge in [-0.2, -0.15) is 13.2 Å². The molecule has 0 bridgehead atoms. The van der Waals surface area contributed by atoms with Crippen LogP contribution in [0.2, 0.25) is 0 Å². The van der Waals surface area contributed by atoms with Crippen LogP contribution in [0.1, 0.15) is 40.5 Å². The van der Waals surface area contributed by atoms with Crippen molar-refractivity contribution in [3.8, 4) is 0 Å². The highest BCUT2D eigenvalue weighted by Gasteiger charge is 2.30. The molecule has 7 nitrogen and oxygen atoms in total. The zero-order valence-corrected chi connectivity index (χ0v) is 16.0. The van der Waals surface area contributed by atoms with Crippen molar-refractivity contribution in [3.63, 3.8) is 0 Å². The van der Waals surface area contributed by atoms with Crippen LogP contribution < -0.4 is 10.6 Å². The number of benzene rings is 1. The van der Waals surface area contributed by atoms with E-state index < -0.39 is 17.8 Å². The van der Waals surface area contributed by atoms with E-state index in [4.69, 9.17) is 4.42 Å². The second kappa shape index (κ2) is 8.14. The van der Waals surface area contributed by atoms with Crippen molar-refractivity contribution in [2.45, 2.75) is 38.9 Å². The molecule has 1 aliphatic rings. The standard InChI is InChI=1S/C19H21F3N4O3/c1-11-16(23-12(2)29-11)17(27)26-9-7-15(8-10-26)25-18(28)24-14-5-3-13(4-6-14)19(20,21)22/h3-6,15H,7-10H2,1-2H3,(H2,24,25,28). The first kappa shape index (κ1) is 20.7.